The van der Waals surface area contributed by atoms with Gasteiger partial charge in [-0.2, -0.15) is 43.2 Å². The van der Waals surface area contributed by atoms with Crippen molar-refractivity contribution in [3.05, 3.63) is 71.4 Å². The first-order valence-corrected chi connectivity index (χ1v) is 36.5. The van der Waals surface area contributed by atoms with Gasteiger partial charge in [0.05, 0.1) is 49.1 Å². The van der Waals surface area contributed by atoms with Gasteiger partial charge in [0.1, 0.15) is 49.0 Å². The Kier molecular flexibility index (Phi) is 21.3. The van der Waals surface area contributed by atoms with Gasteiger partial charge in [-0.15, -0.1) is 0 Å². The number of fused-ring (bicyclic) bond motifs is 4. The van der Waals surface area contributed by atoms with Crippen molar-refractivity contribution in [2.24, 2.45) is 0 Å². The SMILES string of the molecule is COc1ccc2c(c1)C(=O)N1C=C(OS(=O)(=O)C(F)(F)F)C(OCCCOC3C(OS(=O)(=O)C(F)(F)F)=CN4C(=O)c5cc(OC)ccc5N(C(=O)OCC(Cl)(Cl)Cl)[C@@H](O[Si](C)(C)C(C)(C)C)[C@H]34)[C@H]1[C@H](O[Si](C)(C)C(C)(C)C)N2C(=O)OCC(Cl)(Cl)Cl. The first-order valence-electron chi connectivity index (χ1n) is 25.6. The van der Waals surface area contributed by atoms with E-state index >= 15 is 0 Å². The van der Waals surface area contributed by atoms with E-state index in [9.17, 15) is 62.4 Å². The molecule has 0 spiro atoms. The Labute approximate surface area is 529 Å². The standard InChI is InChI=1S/C49H60Cl6F6N4O18S2Si2/c1-44(2,3)86(9,10)82-40-34-36(32(80-84(70,71)48(56,57)58)22-62(34)38(66)28-20-26(74-7)14-16-30(28)64(40)42(68)78-24-46(50,51)52)76-18-13-19-77-37-33(81-85(72,73)49(59,60)61)23-63-35(37)41(83-87(11,12)45(4,5)6)65(43(69)79-25-47(53,54)55)31-17-15-27(75-8)21-29(31)39(63)67/h14-17,20-23,34-37,40-41H,13,18-19,24-25H2,1-12H3/t34-,35-,36?,37?,40-,41-/m0/s1. The van der Waals surface area contributed by atoms with Crippen molar-refractivity contribution < 1.29 is 108 Å². The van der Waals surface area contributed by atoms with Crippen LogP contribution in [0.5, 0.6) is 11.5 Å². The molecule has 2 aromatic carbocycles. The highest BCUT2D eigenvalue weighted by molar-refractivity contribution is 7.88. The molecule has 6 rings (SSSR count). The molecular formula is C49H60Cl6F6N4O18S2Si2. The molecule has 22 nitrogen and oxygen atoms in total. The van der Waals surface area contributed by atoms with E-state index in [0.717, 1.165) is 21.9 Å². The third-order valence-corrected chi connectivity index (χ3v) is 26.2. The maximum absolute atomic E-state index is 14.9. The van der Waals surface area contributed by atoms with Crippen molar-refractivity contribution in [1.82, 2.24) is 9.80 Å². The van der Waals surface area contributed by atoms with Crippen LogP contribution in [0.2, 0.25) is 36.3 Å². The first kappa shape index (κ1) is 72.2. The highest BCUT2D eigenvalue weighted by atomic mass is 35.6. The normalized spacial score (nSPS) is 21.7. The molecule has 0 bridgehead atoms. The number of methoxy groups -OCH3 is 2. The van der Waals surface area contributed by atoms with E-state index in [1.807, 2.05) is 0 Å². The molecule has 0 radical (unpaired) electrons. The van der Waals surface area contributed by atoms with Crippen LogP contribution in [0.3, 0.4) is 0 Å². The highest BCUT2D eigenvalue weighted by Gasteiger charge is 2.60. The van der Waals surface area contributed by atoms with Gasteiger partial charge in [-0.05, 0) is 79.1 Å². The van der Waals surface area contributed by atoms with Crippen LogP contribution < -0.4 is 19.3 Å². The number of carbonyl (C=O) groups is 4. The largest absolute Gasteiger partial charge is 0.534 e. The first-order chi connectivity index (χ1) is 39.5. The fourth-order valence-corrected chi connectivity index (χ4v) is 12.2. The molecule has 87 heavy (non-hydrogen) atoms. The summed E-state index contributed by atoms with van der Waals surface area (Å²) in [6.45, 7) is 13.9. The van der Waals surface area contributed by atoms with Gasteiger partial charge in [-0.3, -0.25) is 9.59 Å². The Morgan fingerprint density at radius 2 is 0.885 bits per heavy atom. The van der Waals surface area contributed by atoms with E-state index in [1.165, 1.54) is 38.5 Å². The third kappa shape index (κ3) is 15.9. The van der Waals surface area contributed by atoms with E-state index in [2.05, 4.69) is 0 Å². The van der Waals surface area contributed by atoms with Crippen LogP contribution in [0.15, 0.2) is 60.3 Å². The minimum atomic E-state index is -6.62. The molecule has 0 aliphatic carbocycles. The lowest BCUT2D eigenvalue weighted by molar-refractivity contribution is -0.0594. The minimum Gasteiger partial charge on any atom is -0.497 e. The maximum Gasteiger partial charge on any atom is 0.534 e. The number of hydrogen-bond acceptors (Lipinski definition) is 18. The molecule has 2 aromatic rings. The number of rotatable bonds is 18. The van der Waals surface area contributed by atoms with E-state index in [0.29, 0.717) is 22.2 Å². The van der Waals surface area contributed by atoms with E-state index in [1.54, 1.807) is 67.7 Å². The van der Waals surface area contributed by atoms with Crippen LogP contribution in [-0.2, 0) is 56.4 Å². The molecule has 0 N–H and O–H groups in total. The van der Waals surface area contributed by atoms with Crippen LogP contribution in [0, 0.1) is 0 Å². The smallest absolute Gasteiger partial charge is 0.497 e. The average molecular weight is 1440 g/mol. The number of benzene rings is 2. The lowest BCUT2D eigenvalue weighted by atomic mass is 10.1. The summed E-state index contributed by atoms with van der Waals surface area (Å²) in [7, 11) is -17.5. The fraction of sp³-hybridized carbons (Fsp3) is 0.592. The Balaban J connectivity index is 1.50. The number of nitrogens with zero attached hydrogens (tertiary/aromatic N) is 4. The zero-order chi connectivity index (χ0) is 66.0. The summed E-state index contributed by atoms with van der Waals surface area (Å²) in [5.41, 5.74) is -13.5. The van der Waals surface area contributed by atoms with Crippen molar-refractivity contribution >= 4 is 142 Å². The van der Waals surface area contributed by atoms with E-state index in [-0.39, 0.29) is 22.9 Å². The molecule has 2 unspecified atom stereocenters. The zero-order valence-corrected chi connectivity index (χ0v) is 56.3. The molecule has 6 atom stereocenters. The van der Waals surface area contributed by atoms with Gasteiger partial charge < -0.3 is 55.4 Å². The van der Waals surface area contributed by atoms with Crippen LogP contribution in [0.1, 0.15) is 68.7 Å². The van der Waals surface area contributed by atoms with Crippen molar-refractivity contribution in [3.8, 4) is 11.5 Å². The molecule has 488 valence electrons. The summed E-state index contributed by atoms with van der Waals surface area (Å²) in [6, 6.07) is 3.60. The lowest BCUT2D eigenvalue weighted by Crippen LogP contribution is -2.61. The number of anilines is 2. The summed E-state index contributed by atoms with van der Waals surface area (Å²) in [4.78, 5) is 62.0. The van der Waals surface area contributed by atoms with Gasteiger partial charge in [-0.1, -0.05) is 111 Å². The lowest BCUT2D eigenvalue weighted by Gasteiger charge is -2.45. The fourth-order valence-electron chi connectivity index (χ4n) is 8.45. The number of hydrogen-bond donors (Lipinski definition) is 0. The number of ether oxygens (including phenoxy) is 6. The predicted molar refractivity (Wildman–Crippen MR) is 311 cm³/mol. The second-order valence-electron chi connectivity index (χ2n) is 22.8. The van der Waals surface area contributed by atoms with E-state index < -0.39 is 182 Å². The van der Waals surface area contributed by atoms with Gasteiger partial charge in [0.2, 0.25) is 7.59 Å². The van der Waals surface area contributed by atoms with Crippen molar-refractivity contribution in [1.29, 1.82) is 0 Å². The van der Waals surface area contributed by atoms with Gasteiger partial charge in [0, 0.05) is 13.2 Å². The van der Waals surface area contributed by atoms with Gasteiger partial charge >= 0.3 is 43.4 Å². The highest BCUT2D eigenvalue weighted by Crippen LogP contribution is 2.49. The molecule has 4 aliphatic heterocycles. The second kappa shape index (κ2) is 25.6. The van der Waals surface area contributed by atoms with Crippen LogP contribution in [0.4, 0.5) is 47.3 Å². The zero-order valence-electron chi connectivity index (χ0n) is 48.1. The second-order valence-corrected chi connectivity index (χ2v) is 40.4. The Bertz CT molecular complexity index is 3060. The molecule has 4 amide bonds. The van der Waals surface area contributed by atoms with Gasteiger partial charge in [0.25, 0.3) is 11.8 Å². The van der Waals surface area contributed by atoms with Gasteiger partial charge in [-0.25, -0.2) is 19.4 Å². The molecule has 0 aromatic heterocycles. The number of halogens is 12. The van der Waals surface area contributed by atoms with Crippen molar-refractivity contribution in [2.45, 2.75) is 140 Å². The molecule has 4 heterocycles. The molecule has 4 aliphatic rings. The summed E-state index contributed by atoms with van der Waals surface area (Å²) in [5, 5.41) is -1.55. The Hall–Kier alpha value is -3.91. The molecule has 0 fully saturated rings. The molecular weight excluding hydrogens is 1380 g/mol. The minimum absolute atomic E-state index is 0.0115. The van der Waals surface area contributed by atoms with Gasteiger partial charge in [0.15, 0.2) is 40.6 Å². The van der Waals surface area contributed by atoms with Crippen LogP contribution in [0.25, 0.3) is 0 Å². The molecule has 38 heteroatoms. The van der Waals surface area contributed by atoms with Crippen molar-refractivity contribution in [2.75, 3.05) is 50.4 Å². The quantitative estimate of drug-likeness (QED) is 0.0336. The molecule has 0 saturated heterocycles. The number of alkyl halides is 12. The monoisotopic (exact) mass is 1440 g/mol. The summed E-state index contributed by atoms with van der Waals surface area (Å²) >= 11 is 35.9. The predicted octanol–water partition coefficient (Wildman–Crippen LogP) is 12.0. The van der Waals surface area contributed by atoms with Crippen LogP contribution in [-0.4, -0.2) is 163 Å². The molecule has 0 saturated carbocycles. The number of amides is 4. The Morgan fingerprint density at radius 3 is 1.16 bits per heavy atom. The Morgan fingerprint density at radius 1 is 0.563 bits per heavy atom. The van der Waals surface area contributed by atoms with Crippen LogP contribution >= 0.6 is 69.6 Å². The number of carbonyl (C=O) groups excluding carboxylic acids is 4. The third-order valence-electron chi connectivity index (χ3n) is 14.7. The topological polar surface area (TPSA) is 242 Å². The summed E-state index contributed by atoms with van der Waals surface area (Å²) in [6.07, 6.45) is -10.4. The van der Waals surface area contributed by atoms with E-state index in [4.69, 9.17) is 115 Å². The summed E-state index contributed by atoms with van der Waals surface area (Å²) < 4.78 is 190. The van der Waals surface area contributed by atoms with Crippen molar-refractivity contribution in [3.63, 3.8) is 0 Å². The average Bonchev–Trinajstić information content (AvgIpc) is 1.61. The summed E-state index contributed by atoms with van der Waals surface area (Å²) in [5.74, 6) is -4.61. The maximum atomic E-state index is 14.9.